The van der Waals surface area contributed by atoms with Crippen LogP contribution in [0.25, 0.3) is 16.6 Å². The molecule has 0 saturated heterocycles. The SMILES string of the molecule is OC(c1cc(Cl)cc(Cl)c1)(c1ccc2c(cnn2-c2ccccc2)c1)C(F)(F)F. The minimum Gasteiger partial charge on any atom is -0.372 e. The van der Waals surface area contributed by atoms with E-state index >= 15 is 0 Å². The standard InChI is InChI=1S/C21H13Cl2F3N2O/c22-16-9-15(10-17(23)11-16)20(29,21(24,25)26)14-6-7-19-13(8-14)12-27-28(19)18-4-2-1-3-5-18/h1-12,29H. The van der Waals surface area contributed by atoms with E-state index in [2.05, 4.69) is 5.10 Å². The number of aliphatic hydroxyl groups is 1. The molecule has 1 atom stereocenters. The maximum Gasteiger partial charge on any atom is 0.425 e. The molecule has 0 bridgehead atoms. The lowest BCUT2D eigenvalue weighted by atomic mass is 9.85. The number of hydrogen-bond acceptors (Lipinski definition) is 2. The maximum absolute atomic E-state index is 14.1. The van der Waals surface area contributed by atoms with E-state index in [4.69, 9.17) is 23.2 Å². The minimum absolute atomic E-state index is 0.00634. The van der Waals surface area contributed by atoms with Crippen molar-refractivity contribution in [1.82, 2.24) is 9.78 Å². The summed E-state index contributed by atoms with van der Waals surface area (Å²) >= 11 is 11.8. The largest absolute Gasteiger partial charge is 0.425 e. The molecule has 0 radical (unpaired) electrons. The Morgan fingerprint density at radius 3 is 2.10 bits per heavy atom. The Labute approximate surface area is 173 Å². The summed E-state index contributed by atoms with van der Waals surface area (Å²) in [6.45, 7) is 0. The molecule has 1 unspecified atom stereocenters. The zero-order valence-electron chi connectivity index (χ0n) is 14.7. The van der Waals surface area contributed by atoms with Crippen LogP contribution in [-0.4, -0.2) is 21.1 Å². The van der Waals surface area contributed by atoms with Crippen LogP contribution in [0.5, 0.6) is 0 Å². The summed E-state index contributed by atoms with van der Waals surface area (Å²) in [4.78, 5) is 0. The predicted octanol–water partition coefficient (Wildman–Crippen LogP) is 6.13. The summed E-state index contributed by atoms with van der Waals surface area (Å²) < 4.78 is 43.8. The molecule has 0 saturated carbocycles. The van der Waals surface area contributed by atoms with Crippen LogP contribution >= 0.6 is 23.2 Å². The Kier molecular flexibility index (Phi) is 4.81. The lowest BCUT2D eigenvalue weighted by molar-refractivity contribution is -0.248. The van der Waals surface area contributed by atoms with E-state index in [1.807, 2.05) is 30.3 Å². The average molecular weight is 437 g/mol. The van der Waals surface area contributed by atoms with Crippen LogP contribution in [0.15, 0.2) is 72.9 Å². The first-order valence-corrected chi connectivity index (χ1v) is 9.25. The van der Waals surface area contributed by atoms with Crippen LogP contribution in [0.4, 0.5) is 13.2 Å². The highest BCUT2D eigenvalue weighted by Crippen LogP contribution is 2.46. The molecular weight excluding hydrogens is 424 g/mol. The molecule has 1 N–H and O–H groups in total. The lowest BCUT2D eigenvalue weighted by Gasteiger charge is -2.32. The third kappa shape index (κ3) is 3.37. The normalized spacial score (nSPS) is 14.1. The summed E-state index contributed by atoms with van der Waals surface area (Å²) in [6, 6.07) is 16.6. The van der Waals surface area contributed by atoms with Gasteiger partial charge in [-0.1, -0.05) is 47.5 Å². The van der Waals surface area contributed by atoms with Crippen molar-refractivity contribution in [3.05, 3.63) is 94.1 Å². The first kappa shape index (κ1) is 19.8. The van der Waals surface area contributed by atoms with Gasteiger partial charge in [0.1, 0.15) is 0 Å². The molecule has 4 rings (SSSR count). The van der Waals surface area contributed by atoms with Crippen LogP contribution in [0.2, 0.25) is 10.0 Å². The van der Waals surface area contributed by atoms with E-state index < -0.39 is 17.3 Å². The van der Waals surface area contributed by atoms with Gasteiger partial charge in [-0.2, -0.15) is 18.3 Å². The fourth-order valence-corrected chi connectivity index (χ4v) is 3.82. The van der Waals surface area contributed by atoms with Gasteiger partial charge >= 0.3 is 6.18 Å². The van der Waals surface area contributed by atoms with Crippen LogP contribution < -0.4 is 0 Å². The van der Waals surface area contributed by atoms with Crippen molar-refractivity contribution < 1.29 is 18.3 Å². The molecule has 1 heterocycles. The van der Waals surface area contributed by atoms with Crippen LogP contribution in [0, 0.1) is 0 Å². The molecule has 3 aromatic carbocycles. The van der Waals surface area contributed by atoms with Gasteiger partial charge in [-0.25, -0.2) is 4.68 Å². The Morgan fingerprint density at radius 1 is 0.828 bits per heavy atom. The second-order valence-electron chi connectivity index (χ2n) is 6.53. The third-order valence-corrected chi connectivity index (χ3v) is 5.11. The second kappa shape index (κ2) is 7.06. The number of benzene rings is 3. The van der Waals surface area contributed by atoms with Gasteiger partial charge in [-0.05, 0) is 48.0 Å². The molecule has 1 aromatic heterocycles. The number of fused-ring (bicyclic) bond motifs is 1. The third-order valence-electron chi connectivity index (χ3n) is 4.68. The summed E-state index contributed by atoms with van der Waals surface area (Å²) in [7, 11) is 0. The molecular formula is C21H13Cl2F3N2O. The van der Waals surface area contributed by atoms with Crippen molar-refractivity contribution >= 4 is 34.1 Å². The monoisotopic (exact) mass is 436 g/mol. The van der Waals surface area contributed by atoms with Crippen molar-refractivity contribution in [2.24, 2.45) is 0 Å². The number of halogens is 5. The molecule has 0 amide bonds. The molecule has 0 spiro atoms. The van der Waals surface area contributed by atoms with Gasteiger partial charge in [0, 0.05) is 21.0 Å². The number of aromatic nitrogens is 2. The van der Waals surface area contributed by atoms with Gasteiger partial charge in [0.05, 0.1) is 17.4 Å². The van der Waals surface area contributed by atoms with Crippen LogP contribution in [-0.2, 0) is 5.60 Å². The average Bonchev–Trinajstić information content (AvgIpc) is 3.09. The highest BCUT2D eigenvalue weighted by atomic mass is 35.5. The van der Waals surface area contributed by atoms with Gasteiger partial charge in [-0.3, -0.25) is 0 Å². The molecule has 0 aliphatic carbocycles. The van der Waals surface area contributed by atoms with E-state index in [-0.39, 0.29) is 15.6 Å². The van der Waals surface area contributed by atoms with Crippen molar-refractivity contribution in [3.63, 3.8) is 0 Å². The van der Waals surface area contributed by atoms with Gasteiger partial charge in [0.25, 0.3) is 0 Å². The molecule has 3 nitrogen and oxygen atoms in total. The van der Waals surface area contributed by atoms with Gasteiger partial charge in [-0.15, -0.1) is 0 Å². The lowest BCUT2D eigenvalue weighted by Crippen LogP contribution is -2.43. The fourth-order valence-electron chi connectivity index (χ4n) is 3.29. The summed E-state index contributed by atoms with van der Waals surface area (Å²) in [6.07, 6.45) is -3.56. The topological polar surface area (TPSA) is 38.1 Å². The first-order valence-electron chi connectivity index (χ1n) is 8.49. The van der Waals surface area contributed by atoms with Gasteiger partial charge < -0.3 is 5.11 Å². The Balaban J connectivity index is 1.90. The van der Waals surface area contributed by atoms with Crippen molar-refractivity contribution in [1.29, 1.82) is 0 Å². The van der Waals surface area contributed by atoms with Gasteiger partial charge in [0.15, 0.2) is 0 Å². The minimum atomic E-state index is -5.01. The van der Waals surface area contributed by atoms with Crippen molar-refractivity contribution in [2.75, 3.05) is 0 Å². The maximum atomic E-state index is 14.1. The Morgan fingerprint density at radius 2 is 1.48 bits per heavy atom. The number of para-hydroxylation sites is 1. The van der Waals surface area contributed by atoms with E-state index in [9.17, 15) is 18.3 Å². The molecule has 0 aliphatic rings. The molecule has 0 aliphatic heterocycles. The zero-order valence-corrected chi connectivity index (χ0v) is 16.2. The molecule has 4 aromatic rings. The fraction of sp³-hybridized carbons (Fsp3) is 0.0952. The van der Waals surface area contributed by atoms with Crippen LogP contribution in [0.1, 0.15) is 11.1 Å². The highest BCUT2D eigenvalue weighted by molar-refractivity contribution is 6.34. The quantitative estimate of drug-likeness (QED) is 0.419. The smallest absolute Gasteiger partial charge is 0.372 e. The number of nitrogens with zero attached hydrogens (tertiary/aromatic N) is 2. The predicted molar refractivity (Wildman–Crippen MR) is 107 cm³/mol. The summed E-state index contributed by atoms with van der Waals surface area (Å²) in [5.41, 5.74) is -2.73. The Bertz CT molecular complexity index is 1170. The number of rotatable bonds is 3. The second-order valence-corrected chi connectivity index (χ2v) is 7.40. The van der Waals surface area contributed by atoms with E-state index in [1.165, 1.54) is 30.5 Å². The Hall–Kier alpha value is -2.54. The molecule has 8 heteroatoms. The van der Waals surface area contributed by atoms with E-state index in [0.29, 0.717) is 10.9 Å². The zero-order chi connectivity index (χ0) is 20.8. The van der Waals surface area contributed by atoms with Crippen molar-refractivity contribution in [3.8, 4) is 5.69 Å². The van der Waals surface area contributed by atoms with Crippen molar-refractivity contribution in [2.45, 2.75) is 11.8 Å². The first-order chi connectivity index (χ1) is 13.7. The molecule has 148 valence electrons. The van der Waals surface area contributed by atoms with Gasteiger partial charge in [0.2, 0.25) is 5.60 Å². The van der Waals surface area contributed by atoms with E-state index in [1.54, 1.807) is 4.68 Å². The van der Waals surface area contributed by atoms with E-state index in [0.717, 1.165) is 17.8 Å². The summed E-state index contributed by atoms with van der Waals surface area (Å²) in [5.74, 6) is 0. The molecule has 29 heavy (non-hydrogen) atoms. The summed E-state index contributed by atoms with van der Waals surface area (Å²) in [5, 5.41) is 15.6. The highest BCUT2D eigenvalue weighted by Gasteiger charge is 2.56. The number of hydrogen-bond donors (Lipinski definition) is 1. The number of alkyl halides is 3. The molecule has 0 fully saturated rings. The van der Waals surface area contributed by atoms with Crippen LogP contribution in [0.3, 0.4) is 0 Å².